The second kappa shape index (κ2) is 8.38. The Hall–Kier alpha value is -2.80. The molecule has 2 aliphatic heterocycles. The maximum Gasteiger partial charge on any atom is 0.320 e. The van der Waals surface area contributed by atoms with Gasteiger partial charge in [-0.15, -0.1) is 0 Å². The van der Waals surface area contributed by atoms with Crippen LogP contribution in [0.3, 0.4) is 0 Å². The Labute approximate surface area is 185 Å². The first-order valence-electron chi connectivity index (χ1n) is 11.7. The molecule has 0 aromatic heterocycles. The second-order valence-corrected chi connectivity index (χ2v) is 9.69. The van der Waals surface area contributed by atoms with Crippen LogP contribution in [0.15, 0.2) is 60.7 Å². The average Bonchev–Trinajstić information content (AvgIpc) is 3.59. The van der Waals surface area contributed by atoms with E-state index in [1.165, 1.54) is 24.8 Å². The summed E-state index contributed by atoms with van der Waals surface area (Å²) >= 11 is 0. The van der Waals surface area contributed by atoms with Crippen LogP contribution in [0.1, 0.15) is 49.1 Å². The van der Waals surface area contributed by atoms with E-state index in [0.717, 1.165) is 43.3 Å². The molecule has 2 heterocycles. The Morgan fingerprint density at radius 2 is 1.58 bits per heavy atom. The van der Waals surface area contributed by atoms with Crippen molar-refractivity contribution in [2.24, 2.45) is 11.8 Å². The SMILES string of the molecule is N#CC1(c2ccccc2)CCN(C(=O)N2CC(CCC3CC3c3ccccc3)C2)CC1. The number of nitriles is 1. The number of hydrogen-bond donors (Lipinski definition) is 0. The highest BCUT2D eigenvalue weighted by Gasteiger charge is 2.42. The summed E-state index contributed by atoms with van der Waals surface area (Å²) in [6, 6.07) is 23.7. The lowest BCUT2D eigenvalue weighted by Gasteiger charge is -2.45. The highest BCUT2D eigenvalue weighted by molar-refractivity contribution is 5.75. The number of amides is 2. The maximum atomic E-state index is 12.9. The molecular weight excluding hydrogens is 382 g/mol. The van der Waals surface area contributed by atoms with E-state index in [2.05, 4.69) is 36.4 Å². The fraction of sp³-hybridized carbons (Fsp3) is 0.481. The Morgan fingerprint density at radius 1 is 0.935 bits per heavy atom. The number of benzene rings is 2. The zero-order valence-electron chi connectivity index (χ0n) is 18.1. The quantitative estimate of drug-likeness (QED) is 0.678. The summed E-state index contributed by atoms with van der Waals surface area (Å²) in [6.45, 7) is 3.15. The van der Waals surface area contributed by atoms with Gasteiger partial charge in [0.25, 0.3) is 0 Å². The lowest BCUT2D eigenvalue weighted by molar-refractivity contribution is 0.0757. The van der Waals surface area contributed by atoms with Crippen molar-refractivity contribution in [3.8, 4) is 6.07 Å². The molecular formula is C27H31N3O. The molecule has 5 rings (SSSR count). The first-order valence-corrected chi connectivity index (χ1v) is 11.7. The molecule has 160 valence electrons. The van der Waals surface area contributed by atoms with Gasteiger partial charge in [-0.3, -0.25) is 0 Å². The van der Waals surface area contributed by atoms with Crippen LogP contribution in [-0.2, 0) is 5.41 Å². The molecule has 1 saturated carbocycles. The van der Waals surface area contributed by atoms with Gasteiger partial charge in [-0.1, -0.05) is 60.7 Å². The van der Waals surface area contributed by atoms with Crippen molar-refractivity contribution in [3.63, 3.8) is 0 Å². The third kappa shape index (κ3) is 4.06. The molecule has 2 saturated heterocycles. The molecule has 4 heteroatoms. The molecule has 3 fully saturated rings. The van der Waals surface area contributed by atoms with E-state index in [4.69, 9.17) is 0 Å². The van der Waals surface area contributed by atoms with Gasteiger partial charge < -0.3 is 9.80 Å². The van der Waals surface area contributed by atoms with E-state index in [0.29, 0.717) is 19.0 Å². The van der Waals surface area contributed by atoms with Gasteiger partial charge in [-0.25, -0.2) is 4.79 Å². The molecule has 2 amide bonds. The highest BCUT2D eigenvalue weighted by atomic mass is 16.2. The summed E-state index contributed by atoms with van der Waals surface area (Å²) in [5.74, 6) is 2.26. The van der Waals surface area contributed by atoms with E-state index in [1.807, 2.05) is 40.1 Å². The van der Waals surface area contributed by atoms with Gasteiger partial charge in [0, 0.05) is 26.2 Å². The van der Waals surface area contributed by atoms with Crippen LogP contribution in [0.25, 0.3) is 0 Å². The van der Waals surface area contributed by atoms with E-state index in [1.54, 1.807) is 0 Å². The van der Waals surface area contributed by atoms with E-state index in [9.17, 15) is 10.1 Å². The van der Waals surface area contributed by atoms with Crippen LogP contribution in [0.2, 0.25) is 0 Å². The van der Waals surface area contributed by atoms with Crippen molar-refractivity contribution >= 4 is 6.03 Å². The molecule has 0 bridgehead atoms. The average molecular weight is 414 g/mol. The first kappa shape index (κ1) is 20.1. The number of piperidine rings is 1. The molecule has 31 heavy (non-hydrogen) atoms. The van der Waals surface area contributed by atoms with Gasteiger partial charge in [0.15, 0.2) is 0 Å². The van der Waals surface area contributed by atoms with Crippen LogP contribution < -0.4 is 0 Å². The lowest BCUT2D eigenvalue weighted by atomic mass is 9.74. The number of likely N-dealkylation sites (tertiary alicyclic amines) is 2. The van der Waals surface area contributed by atoms with E-state index < -0.39 is 5.41 Å². The summed E-state index contributed by atoms with van der Waals surface area (Å²) in [4.78, 5) is 16.9. The minimum absolute atomic E-state index is 0.171. The number of hydrogen-bond acceptors (Lipinski definition) is 2. The predicted molar refractivity (Wildman–Crippen MR) is 122 cm³/mol. The van der Waals surface area contributed by atoms with Crippen LogP contribution in [-0.4, -0.2) is 42.0 Å². The molecule has 0 spiro atoms. The minimum atomic E-state index is -0.449. The molecule has 0 N–H and O–H groups in total. The molecule has 2 unspecified atom stereocenters. The smallest absolute Gasteiger partial charge is 0.320 e. The zero-order valence-corrected chi connectivity index (χ0v) is 18.1. The predicted octanol–water partition coefficient (Wildman–Crippen LogP) is 5.18. The van der Waals surface area contributed by atoms with Gasteiger partial charge >= 0.3 is 6.03 Å². The van der Waals surface area contributed by atoms with Gasteiger partial charge in [0.05, 0.1) is 11.5 Å². The van der Waals surface area contributed by atoms with E-state index >= 15 is 0 Å². The number of nitrogens with zero attached hydrogens (tertiary/aromatic N) is 3. The van der Waals surface area contributed by atoms with E-state index in [-0.39, 0.29) is 6.03 Å². The maximum absolute atomic E-state index is 12.9. The van der Waals surface area contributed by atoms with Crippen LogP contribution in [0.5, 0.6) is 0 Å². The number of carbonyl (C=O) groups is 1. The molecule has 0 radical (unpaired) electrons. The Balaban J connectivity index is 1.05. The van der Waals surface area contributed by atoms with Crippen LogP contribution in [0.4, 0.5) is 4.79 Å². The minimum Gasteiger partial charge on any atom is -0.325 e. The largest absolute Gasteiger partial charge is 0.325 e. The van der Waals surface area contributed by atoms with Crippen molar-refractivity contribution in [1.82, 2.24) is 9.80 Å². The molecule has 2 aromatic rings. The Morgan fingerprint density at radius 3 is 2.23 bits per heavy atom. The van der Waals surface area contributed by atoms with Crippen molar-refractivity contribution in [2.75, 3.05) is 26.2 Å². The third-order valence-corrected chi connectivity index (χ3v) is 7.75. The van der Waals surface area contributed by atoms with Crippen molar-refractivity contribution in [2.45, 2.75) is 43.4 Å². The van der Waals surface area contributed by atoms with Gasteiger partial charge in [0.1, 0.15) is 0 Å². The fourth-order valence-corrected chi connectivity index (χ4v) is 5.54. The van der Waals surface area contributed by atoms with Crippen molar-refractivity contribution < 1.29 is 4.79 Å². The fourth-order valence-electron chi connectivity index (χ4n) is 5.54. The van der Waals surface area contributed by atoms with Crippen LogP contribution >= 0.6 is 0 Å². The molecule has 3 aliphatic rings. The van der Waals surface area contributed by atoms with Gasteiger partial charge in [-0.05, 0) is 61.0 Å². The number of rotatable bonds is 5. The highest BCUT2D eigenvalue weighted by Crippen LogP contribution is 2.50. The molecule has 4 nitrogen and oxygen atoms in total. The third-order valence-electron chi connectivity index (χ3n) is 7.75. The monoisotopic (exact) mass is 413 g/mol. The summed E-state index contributed by atoms with van der Waals surface area (Å²) in [5, 5.41) is 9.86. The summed E-state index contributed by atoms with van der Waals surface area (Å²) in [5.41, 5.74) is 2.13. The van der Waals surface area contributed by atoms with Gasteiger partial charge in [-0.2, -0.15) is 5.26 Å². The second-order valence-electron chi connectivity index (χ2n) is 9.69. The van der Waals surface area contributed by atoms with Crippen molar-refractivity contribution in [1.29, 1.82) is 5.26 Å². The summed E-state index contributed by atoms with van der Waals surface area (Å²) in [7, 11) is 0. The molecule has 2 atom stereocenters. The first-order chi connectivity index (χ1) is 15.2. The van der Waals surface area contributed by atoms with Gasteiger partial charge in [0.2, 0.25) is 0 Å². The molecule has 2 aromatic carbocycles. The topological polar surface area (TPSA) is 47.3 Å². The summed E-state index contributed by atoms with van der Waals surface area (Å²) in [6.07, 6.45) is 5.30. The zero-order chi connectivity index (χ0) is 21.3. The van der Waals surface area contributed by atoms with Crippen LogP contribution in [0, 0.1) is 23.2 Å². The standard InChI is InChI=1S/C27H31N3O/c28-20-27(24-9-5-2-6-10-24)13-15-29(16-14-27)26(31)30-18-21(19-30)11-12-23-17-25(23)22-7-3-1-4-8-22/h1-10,21,23,25H,11-19H2. The number of carbonyl (C=O) groups excluding carboxylic acids is 1. The number of urea groups is 1. The normalized spacial score (nSPS) is 24.9. The lowest BCUT2D eigenvalue weighted by Crippen LogP contribution is -2.57. The Bertz CT molecular complexity index is 937. The molecule has 1 aliphatic carbocycles. The summed E-state index contributed by atoms with van der Waals surface area (Å²) < 4.78 is 0. The Kier molecular flexibility index (Phi) is 5.44. The van der Waals surface area contributed by atoms with Crippen molar-refractivity contribution in [3.05, 3.63) is 71.8 Å².